The SMILES string of the molecule is CNCc1cc2c(cn1)OCC2. The van der Waals surface area contributed by atoms with E-state index >= 15 is 0 Å². The Hall–Kier alpha value is -1.09. The third-order valence-electron chi connectivity index (χ3n) is 1.99. The minimum Gasteiger partial charge on any atom is -0.491 e. The summed E-state index contributed by atoms with van der Waals surface area (Å²) in [6.45, 7) is 1.63. The first-order chi connectivity index (χ1) is 5.90. The van der Waals surface area contributed by atoms with Crippen molar-refractivity contribution in [3.05, 3.63) is 23.5 Å². The lowest BCUT2D eigenvalue weighted by molar-refractivity contribution is 0.355. The normalized spacial score (nSPS) is 14.1. The topological polar surface area (TPSA) is 34.2 Å². The molecule has 0 fully saturated rings. The molecule has 2 rings (SSSR count). The van der Waals surface area contributed by atoms with Gasteiger partial charge in [0.15, 0.2) is 0 Å². The molecule has 3 heteroatoms. The summed E-state index contributed by atoms with van der Waals surface area (Å²) in [5, 5.41) is 3.07. The van der Waals surface area contributed by atoms with Crippen molar-refractivity contribution in [2.24, 2.45) is 0 Å². The van der Waals surface area contributed by atoms with Gasteiger partial charge in [0.05, 0.1) is 18.5 Å². The Morgan fingerprint density at radius 3 is 3.42 bits per heavy atom. The fraction of sp³-hybridized carbons (Fsp3) is 0.444. The number of ether oxygens (including phenoxy) is 1. The van der Waals surface area contributed by atoms with Crippen LogP contribution < -0.4 is 10.1 Å². The molecule has 0 bridgehead atoms. The highest BCUT2D eigenvalue weighted by molar-refractivity contribution is 5.35. The van der Waals surface area contributed by atoms with Gasteiger partial charge in [-0.1, -0.05) is 0 Å². The zero-order valence-electron chi connectivity index (χ0n) is 7.13. The van der Waals surface area contributed by atoms with E-state index in [4.69, 9.17) is 4.74 Å². The maximum Gasteiger partial charge on any atom is 0.140 e. The molecule has 0 spiro atoms. The van der Waals surface area contributed by atoms with E-state index in [2.05, 4.69) is 16.4 Å². The van der Waals surface area contributed by atoms with Crippen LogP contribution in [0.1, 0.15) is 11.3 Å². The molecular weight excluding hydrogens is 152 g/mol. The molecule has 64 valence electrons. The third-order valence-corrected chi connectivity index (χ3v) is 1.99. The Labute approximate surface area is 71.8 Å². The molecule has 1 aromatic heterocycles. The Bertz CT molecular complexity index is 286. The van der Waals surface area contributed by atoms with Gasteiger partial charge in [-0.15, -0.1) is 0 Å². The minimum atomic E-state index is 0.806. The van der Waals surface area contributed by atoms with Crippen LogP contribution in [0.4, 0.5) is 0 Å². The number of fused-ring (bicyclic) bond motifs is 1. The van der Waals surface area contributed by atoms with Crippen LogP contribution in [0.3, 0.4) is 0 Å². The van der Waals surface area contributed by atoms with Gasteiger partial charge in [-0.25, -0.2) is 0 Å². The van der Waals surface area contributed by atoms with Crippen LogP contribution in [-0.4, -0.2) is 18.6 Å². The third kappa shape index (κ3) is 1.28. The van der Waals surface area contributed by atoms with Crippen LogP contribution in [0.5, 0.6) is 5.75 Å². The van der Waals surface area contributed by atoms with Crippen LogP contribution in [0.15, 0.2) is 12.3 Å². The number of aromatic nitrogens is 1. The van der Waals surface area contributed by atoms with Crippen molar-refractivity contribution in [1.82, 2.24) is 10.3 Å². The highest BCUT2D eigenvalue weighted by Gasteiger charge is 2.12. The summed E-state index contributed by atoms with van der Waals surface area (Å²) in [5.41, 5.74) is 2.37. The Balaban J connectivity index is 2.26. The number of nitrogens with zero attached hydrogens (tertiary/aromatic N) is 1. The summed E-state index contributed by atoms with van der Waals surface area (Å²) < 4.78 is 5.35. The predicted octanol–water partition coefficient (Wildman–Crippen LogP) is 0.736. The maximum absolute atomic E-state index is 5.35. The fourth-order valence-corrected chi connectivity index (χ4v) is 1.41. The lowest BCUT2D eigenvalue weighted by Crippen LogP contribution is -2.06. The van der Waals surface area contributed by atoms with Crippen LogP contribution in [0.25, 0.3) is 0 Å². The van der Waals surface area contributed by atoms with E-state index in [9.17, 15) is 0 Å². The standard InChI is InChI=1S/C9H12N2O/c1-10-5-8-4-7-2-3-12-9(7)6-11-8/h4,6,10H,2-3,5H2,1H3. The number of hydrogen-bond donors (Lipinski definition) is 1. The Morgan fingerprint density at radius 1 is 1.67 bits per heavy atom. The number of hydrogen-bond acceptors (Lipinski definition) is 3. The average Bonchev–Trinajstić information content (AvgIpc) is 2.51. The maximum atomic E-state index is 5.35. The molecule has 0 radical (unpaired) electrons. The lowest BCUT2D eigenvalue weighted by atomic mass is 10.2. The van der Waals surface area contributed by atoms with Gasteiger partial charge in [-0.3, -0.25) is 4.98 Å². The van der Waals surface area contributed by atoms with E-state index in [1.54, 1.807) is 0 Å². The first-order valence-corrected chi connectivity index (χ1v) is 4.15. The van der Waals surface area contributed by atoms with Crippen molar-refractivity contribution in [1.29, 1.82) is 0 Å². The van der Waals surface area contributed by atoms with Crippen molar-refractivity contribution < 1.29 is 4.74 Å². The van der Waals surface area contributed by atoms with E-state index in [1.807, 2.05) is 13.2 Å². The average molecular weight is 164 g/mol. The van der Waals surface area contributed by atoms with Gasteiger partial charge in [0, 0.05) is 18.5 Å². The first-order valence-electron chi connectivity index (χ1n) is 4.15. The summed E-state index contributed by atoms with van der Waals surface area (Å²) >= 11 is 0. The molecule has 0 aromatic carbocycles. The van der Waals surface area contributed by atoms with E-state index in [1.165, 1.54) is 5.56 Å². The Morgan fingerprint density at radius 2 is 2.58 bits per heavy atom. The first kappa shape index (κ1) is 7.55. The van der Waals surface area contributed by atoms with Gasteiger partial charge < -0.3 is 10.1 Å². The summed E-state index contributed by atoms with van der Waals surface area (Å²) in [6, 6.07) is 2.11. The van der Waals surface area contributed by atoms with Crippen LogP contribution >= 0.6 is 0 Å². The van der Waals surface area contributed by atoms with Crippen LogP contribution in [-0.2, 0) is 13.0 Å². The number of rotatable bonds is 2. The number of nitrogens with one attached hydrogen (secondary N) is 1. The van der Waals surface area contributed by atoms with E-state index in [0.29, 0.717) is 0 Å². The smallest absolute Gasteiger partial charge is 0.140 e. The van der Waals surface area contributed by atoms with Gasteiger partial charge in [0.2, 0.25) is 0 Å². The molecule has 0 amide bonds. The van der Waals surface area contributed by atoms with Gasteiger partial charge >= 0.3 is 0 Å². The molecule has 0 aliphatic carbocycles. The van der Waals surface area contributed by atoms with Crippen LogP contribution in [0.2, 0.25) is 0 Å². The Kier molecular flexibility index (Phi) is 1.96. The molecule has 1 aromatic rings. The van der Waals surface area contributed by atoms with Gasteiger partial charge in [0.1, 0.15) is 5.75 Å². The molecule has 1 N–H and O–H groups in total. The second-order valence-corrected chi connectivity index (χ2v) is 2.91. The molecule has 2 heterocycles. The van der Waals surface area contributed by atoms with Crippen molar-refractivity contribution >= 4 is 0 Å². The second kappa shape index (κ2) is 3.11. The molecule has 12 heavy (non-hydrogen) atoms. The zero-order chi connectivity index (χ0) is 8.39. The summed E-state index contributed by atoms with van der Waals surface area (Å²) in [5.74, 6) is 0.954. The van der Waals surface area contributed by atoms with Gasteiger partial charge in [0.25, 0.3) is 0 Å². The minimum absolute atomic E-state index is 0.806. The summed E-state index contributed by atoms with van der Waals surface area (Å²) in [4.78, 5) is 4.25. The molecular formula is C9H12N2O. The fourth-order valence-electron chi connectivity index (χ4n) is 1.41. The molecule has 0 saturated heterocycles. The number of pyridine rings is 1. The van der Waals surface area contributed by atoms with Crippen molar-refractivity contribution in [3.63, 3.8) is 0 Å². The summed E-state index contributed by atoms with van der Waals surface area (Å²) in [7, 11) is 1.92. The highest BCUT2D eigenvalue weighted by atomic mass is 16.5. The van der Waals surface area contributed by atoms with Gasteiger partial charge in [-0.2, -0.15) is 0 Å². The largest absolute Gasteiger partial charge is 0.491 e. The molecule has 1 aliphatic heterocycles. The molecule has 0 saturated carbocycles. The van der Waals surface area contributed by atoms with E-state index in [-0.39, 0.29) is 0 Å². The van der Waals surface area contributed by atoms with E-state index < -0.39 is 0 Å². The molecule has 3 nitrogen and oxygen atoms in total. The lowest BCUT2D eigenvalue weighted by Gasteiger charge is -2.01. The summed E-state index contributed by atoms with van der Waals surface area (Å²) in [6.07, 6.45) is 2.84. The van der Waals surface area contributed by atoms with Crippen molar-refractivity contribution in [2.75, 3.05) is 13.7 Å². The molecule has 1 aliphatic rings. The molecule has 0 atom stereocenters. The monoisotopic (exact) mass is 164 g/mol. The highest BCUT2D eigenvalue weighted by Crippen LogP contribution is 2.23. The second-order valence-electron chi connectivity index (χ2n) is 2.91. The van der Waals surface area contributed by atoms with Crippen LogP contribution in [0, 0.1) is 0 Å². The quantitative estimate of drug-likeness (QED) is 0.700. The van der Waals surface area contributed by atoms with Crippen molar-refractivity contribution in [2.45, 2.75) is 13.0 Å². The van der Waals surface area contributed by atoms with Gasteiger partial charge in [-0.05, 0) is 13.1 Å². The van der Waals surface area contributed by atoms with Crippen molar-refractivity contribution in [3.8, 4) is 5.75 Å². The zero-order valence-corrected chi connectivity index (χ0v) is 7.13. The van der Waals surface area contributed by atoms with E-state index in [0.717, 1.165) is 31.0 Å². The molecule has 0 unspecified atom stereocenters. The predicted molar refractivity (Wildman–Crippen MR) is 46.2 cm³/mol.